The van der Waals surface area contributed by atoms with E-state index in [0.29, 0.717) is 5.92 Å². The Balaban J connectivity index is 2.99. The number of nitrogens with zero attached hydrogens (tertiary/aromatic N) is 2. The van der Waals surface area contributed by atoms with Gasteiger partial charge in [0.25, 0.3) is 0 Å². The topological polar surface area (TPSA) is 73.9 Å². The first-order valence-electron chi connectivity index (χ1n) is 7.72. The smallest absolute Gasteiger partial charge is 0.303 e. The summed E-state index contributed by atoms with van der Waals surface area (Å²) in [6, 6.07) is 4.33. The molecule has 0 radical (unpaired) electrons. The molecule has 0 unspecified atom stereocenters. The van der Waals surface area contributed by atoms with Gasteiger partial charge in [-0.2, -0.15) is 10.5 Å². The SMILES string of the molecule is C=CC[C@@H]1C[C@@H](C)CC=C1C(C#N)(C#N)CC#CCOC(C)=O. The normalized spacial score (nSPS) is 20.1. The molecule has 0 N–H and O–H groups in total. The lowest BCUT2D eigenvalue weighted by Gasteiger charge is -2.33. The summed E-state index contributed by atoms with van der Waals surface area (Å²) in [5.74, 6) is 5.80. The van der Waals surface area contributed by atoms with Crippen LogP contribution in [-0.2, 0) is 9.53 Å². The fourth-order valence-corrected chi connectivity index (χ4v) is 2.87. The van der Waals surface area contributed by atoms with Crippen LogP contribution in [0.1, 0.15) is 39.5 Å². The van der Waals surface area contributed by atoms with Gasteiger partial charge in [-0.15, -0.1) is 6.58 Å². The molecule has 0 saturated carbocycles. The molecule has 120 valence electrons. The van der Waals surface area contributed by atoms with Crippen LogP contribution in [0.25, 0.3) is 0 Å². The van der Waals surface area contributed by atoms with Crippen molar-refractivity contribution in [1.82, 2.24) is 0 Å². The third-order valence-electron chi connectivity index (χ3n) is 4.02. The molecule has 0 aliphatic heterocycles. The molecule has 0 bridgehead atoms. The second kappa shape index (κ2) is 8.82. The Morgan fingerprint density at radius 1 is 1.48 bits per heavy atom. The summed E-state index contributed by atoms with van der Waals surface area (Å²) < 4.78 is 4.74. The highest BCUT2D eigenvalue weighted by atomic mass is 16.5. The van der Waals surface area contributed by atoms with Crippen LogP contribution in [0.5, 0.6) is 0 Å². The molecule has 0 aromatic heterocycles. The van der Waals surface area contributed by atoms with Gasteiger partial charge >= 0.3 is 5.97 Å². The molecule has 4 heteroatoms. The monoisotopic (exact) mass is 310 g/mol. The molecule has 1 aliphatic rings. The summed E-state index contributed by atoms with van der Waals surface area (Å²) in [5.41, 5.74) is -0.376. The summed E-state index contributed by atoms with van der Waals surface area (Å²) in [6.45, 7) is 7.24. The maximum atomic E-state index is 10.7. The molecular weight excluding hydrogens is 288 g/mol. The van der Waals surface area contributed by atoms with Gasteiger partial charge < -0.3 is 4.74 Å². The van der Waals surface area contributed by atoms with Gasteiger partial charge in [-0.1, -0.05) is 30.9 Å². The van der Waals surface area contributed by atoms with Crippen LogP contribution in [0, 0.1) is 51.8 Å². The highest BCUT2D eigenvalue weighted by Gasteiger charge is 2.39. The molecule has 0 saturated heterocycles. The first-order valence-corrected chi connectivity index (χ1v) is 7.72. The van der Waals surface area contributed by atoms with Gasteiger partial charge in [0.15, 0.2) is 12.0 Å². The predicted molar refractivity (Wildman–Crippen MR) is 87.5 cm³/mol. The van der Waals surface area contributed by atoms with Gasteiger partial charge in [-0.05, 0) is 36.7 Å². The maximum absolute atomic E-state index is 10.7. The van der Waals surface area contributed by atoms with Crippen molar-refractivity contribution in [2.75, 3.05) is 6.61 Å². The van der Waals surface area contributed by atoms with Gasteiger partial charge in [0.2, 0.25) is 0 Å². The number of nitriles is 2. The number of ether oxygens (including phenoxy) is 1. The largest absolute Gasteiger partial charge is 0.453 e. The van der Waals surface area contributed by atoms with Crippen molar-refractivity contribution >= 4 is 5.97 Å². The molecule has 1 rings (SSSR count). The average Bonchev–Trinajstić information content (AvgIpc) is 2.52. The van der Waals surface area contributed by atoms with Crippen molar-refractivity contribution in [2.24, 2.45) is 17.3 Å². The maximum Gasteiger partial charge on any atom is 0.303 e. The highest BCUT2D eigenvalue weighted by Crippen LogP contribution is 2.43. The Labute approximate surface area is 138 Å². The molecule has 0 heterocycles. The van der Waals surface area contributed by atoms with E-state index in [0.717, 1.165) is 24.8 Å². The molecule has 0 spiro atoms. The summed E-state index contributed by atoms with van der Waals surface area (Å²) >= 11 is 0. The fourth-order valence-electron chi connectivity index (χ4n) is 2.87. The number of allylic oxidation sites excluding steroid dienone is 3. The van der Waals surface area contributed by atoms with Crippen molar-refractivity contribution in [3.8, 4) is 24.0 Å². The molecule has 23 heavy (non-hydrogen) atoms. The minimum atomic E-state index is -1.24. The molecule has 4 nitrogen and oxygen atoms in total. The number of rotatable bonds is 5. The molecule has 0 fully saturated rings. The summed E-state index contributed by atoms with van der Waals surface area (Å²) in [4.78, 5) is 10.7. The lowest BCUT2D eigenvalue weighted by atomic mass is 9.67. The van der Waals surface area contributed by atoms with E-state index < -0.39 is 11.4 Å². The zero-order valence-electron chi connectivity index (χ0n) is 13.8. The molecule has 2 atom stereocenters. The van der Waals surface area contributed by atoms with Crippen LogP contribution in [0.15, 0.2) is 24.3 Å². The van der Waals surface area contributed by atoms with Crippen LogP contribution in [0.4, 0.5) is 0 Å². The van der Waals surface area contributed by atoms with Gasteiger partial charge in [0.1, 0.15) is 0 Å². The first-order chi connectivity index (χ1) is 11.0. The van der Waals surface area contributed by atoms with Crippen molar-refractivity contribution in [2.45, 2.75) is 39.5 Å². The summed E-state index contributed by atoms with van der Waals surface area (Å²) in [6.07, 6.45) is 6.56. The highest BCUT2D eigenvalue weighted by molar-refractivity contribution is 5.66. The molecular formula is C19H22N2O2. The number of esters is 1. The predicted octanol–water partition coefficient (Wildman–Crippen LogP) is 3.53. The van der Waals surface area contributed by atoms with Crippen LogP contribution >= 0.6 is 0 Å². The Hall–Kier alpha value is -2.51. The van der Waals surface area contributed by atoms with E-state index in [1.54, 1.807) is 0 Å². The minimum Gasteiger partial charge on any atom is -0.453 e. The lowest BCUT2D eigenvalue weighted by Crippen LogP contribution is -2.28. The lowest BCUT2D eigenvalue weighted by molar-refractivity contribution is -0.139. The van der Waals surface area contributed by atoms with Crippen LogP contribution in [0.2, 0.25) is 0 Å². The molecule has 0 aromatic carbocycles. The first kappa shape index (κ1) is 18.5. The molecule has 1 aliphatic carbocycles. The average molecular weight is 310 g/mol. The fraction of sp³-hybridized carbons (Fsp3) is 0.526. The van der Waals surface area contributed by atoms with E-state index >= 15 is 0 Å². The number of carbonyl (C=O) groups is 1. The van der Waals surface area contributed by atoms with Crippen molar-refractivity contribution in [3.05, 3.63) is 24.3 Å². The Morgan fingerprint density at radius 2 is 2.17 bits per heavy atom. The van der Waals surface area contributed by atoms with Gasteiger partial charge in [-0.3, -0.25) is 4.79 Å². The Morgan fingerprint density at radius 3 is 2.74 bits per heavy atom. The van der Waals surface area contributed by atoms with Crippen molar-refractivity contribution in [1.29, 1.82) is 10.5 Å². The van der Waals surface area contributed by atoms with Crippen LogP contribution in [0.3, 0.4) is 0 Å². The van der Waals surface area contributed by atoms with E-state index in [9.17, 15) is 15.3 Å². The molecule has 0 amide bonds. The Kier molecular flexibility index (Phi) is 7.11. The van der Waals surface area contributed by atoms with Crippen molar-refractivity contribution < 1.29 is 9.53 Å². The zero-order chi connectivity index (χ0) is 17.3. The Bertz CT molecular complexity index is 608. The van der Waals surface area contributed by atoms with Gasteiger partial charge in [0.05, 0.1) is 12.1 Å². The second-order valence-corrected chi connectivity index (χ2v) is 5.90. The van der Waals surface area contributed by atoms with E-state index in [1.165, 1.54) is 6.92 Å². The summed E-state index contributed by atoms with van der Waals surface area (Å²) in [7, 11) is 0. The third kappa shape index (κ3) is 5.01. The van der Waals surface area contributed by atoms with Crippen molar-refractivity contribution in [3.63, 3.8) is 0 Å². The van der Waals surface area contributed by atoms with E-state index in [4.69, 9.17) is 4.74 Å². The van der Waals surface area contributed by atoms with Crippen LogP contribution < -0.4 is 0 Å². The van der Waals surface area contributed by atoms with Gasteiger partial charge in [0, 0.05) is 13.3 Å². The second-order valence-electron chi connectivity index (χ2n) is 5.90. The van der Waals surface area contributed by atoms with Crippen LogP contribution in [-0.4, -0.2) is 12.6 Å². The number of hydrogen-bond donors (Lipinski definition) is 0. The number of hydrogen-bond acceptors (Lipinski definition) is 4. The number of carbonyl (C=O) groups excluding carboxylic acids is 1. The molecule has 0 aromatic rings. The standard InChI is InChI=1S/C19H22N2O2/c1-4-7-17-12-15(2)8-9-18(17)19(13-20,14-21)10-5-6-11-23-16(3)22/h4,9,15,17H,1,7-8,10-12H2,2-3H3/t15-,17+/m0/s1. The van der Waals surface area contributed by atoms with Gasteiger partial charge in [-0.25, -0.2) is 0 Å². The minimum absolute atomic E-state index is 0.0194. The third-order valence-corrected chi connectivity index (χ3v) is 4.02. The zero-order valence-corrected chi connectivity index (χ0v) is 13.8. The van der Waals surface area contributed by atoms with E-state index in [2.05, 4.69) is 37.5 Å². The quantitative estimate of drug-likeness (QED) is 0.442. The van der Waals surface area contributed by atoms with E-state index in [-0.39, 0.29) is 18.9 Å². The summed E-state index contributed by atoms with van der Waals surface area (Å²) in [5, 5.41) is 19.3. The van der Waals surface area contributed by atoms with E-state index in [1.807, 2.05) is 12.2 Å².